The number of Topliss-reactive ketones (excluding diaryl/α,β-unsaturated/α-hetero) is 1. The van der Waals surface area contributed by atoms with Crippen LogP contribution in [0, 0.1) is 11.7 Å². The molecule has 2 unspecified atom stereocenters. The molecule has 6 heteroatoms. The van der Waals surface area contributed by atoms with Gasteiger partial charge in [0.05, 0.1) is 0 Å². The van der Waals surface area contributed by atoms with E-state index >= 15 is 0 Å². The Bertz CT molecular complexity index is 932. The third kappa shape index (κ3) is 5.74. The fourth-order valence-corrected chi connectivity index (χ4v) is 5.33. The normalized spacial score (nSPS) is 22.5. The van der Waals surface area contributed by atoms with Gasteiger partial charge >= 0.3 is 6.03 Å². The highest BCUT2D eigenvalue weighted by Crippen LogP contribution is 2.39. The molecular weight excluding hydrogens is 405 g/mol. The molecule has 0 aliphatic carbocycles. The van der Waals surface area contributed by atoms with Gasteiger partial charge in [-0.2, -0.15) is 0 Å². The van der Waals surface area contributed by atoms with Gasteiger partial charge in [-0.3, -0.25) is 9.69 Å². The summed E-state index contributed by atoms with van der Waals surface area (Å²) in [5.41, 5.74) is 2.44. The second kappa shape index (κ2) is 10.3. The molecule has 0 aromatic heterocycles. The van der Waals surface area contributed by atoms with Crippen molar-refractivity contribution in [2.75, 3.05) is 18.4 Å². The van der Waals surface area contributed by atoms with Gasteiger partial charge in [0.1, 0.15) is 5.82 Å². The average Bonchev–Trinajstić information content (AvgIpc) is 3.01. The molecule has 0 saturated carbocycles. The number of nitrogens with zero attached hydrogens (tertiary/aromatic N) is 1. The lowest BCUT2D eigenvalue weighted by atomic mass is 9.85. The monoisotopic (exact) mass is 437 g/mol. The Balaban J connectivity index is 1.18. The molecule has 2 bridgehead atoms. The van der Waals surface area contributed by atoms with Gasteiger partial charge in [0.15, 0.2) is 5.78 Å². The number of ketones is 1. The third-order valence-corrected chi connectivity index (χ3v) is 6.83. The van der Waals surface area contributed by atoms with E-state index in [1.54, 1.807) is 36.4 Å². The lowest BCUT2D eigenvalue weighted by Gasteiger charge is -2.39. The van der Waals surface area contributed by atoms with Gasteiger partial charge in [-0.1, -0.05) is 24.3 Å². The maximum absolute atomic E-state index is 13.2. The lowest BCUT2D eigenvalue weighted by Crippen LogP contribution is -2.44. The molecule has 2 aromatic rings. The van der Waals surface area contributed by atoms with Crippen molar-refractivity contribution >= 4 is 17.5 Å². The van der Waals surface area contributed by atoms with Crippen molar-refractivity contribution < 1.29 is 14.0 Å². The predicted octanol–water partition coefficient (Wildman–Crippen LogP) is 5.03. The van der Waals surface area contributed by atoms with Crippen LogP contribution >= 0.6 is 0 Å². The van der Waals surface area contributed by atoms with Crippen LogP contribution in [-0.2, 0) is 6.42 Å². The summed E-state index contributed by atoms with van der Waals surface area (Å²) in [5, 5.41) is 5.72. The Kier molecular flexibility index (Phi) is 7.20. The number of hydrogen-bond acceptors (Lipinski definition) is 3. The van der Waals surface area contributed by atoms with Gasteiger partial charge in [0, 0.05) is 36.4 Å². The highest BCUT2D eigenvalue weighted by molar-refractivity contribution is 5.96. The Morgan fingerprint density at radius 3 is 2.47 bits per heavy atom. The summed E-state index contributed by atoms with van der Waals surface area (Å²) in [6.45, 7) is 3.13. The summed E-state index contributed by atoms with van der Waals surface area (Å²) in [4.78, 5) is 26.3. The van der Waals surface area contributed by atoms with Crippen LogP contribution in [-0.4, -0.2) is 41.9 Å². The number of carbonyl (C=O) groups excluding carboxylic acids is 2. The van der Waals surface area contributed by atoms with Crippen molar-refractivity contribution in [2.24, 2.45) is 5.92 Å². The van der Waals surface area contributed by atoms with Crippen LogP contribution in [0.3, 0.4) is 0 Å². The van der Waals surface area contributed by atoms with E-state index < -0.39 is 0 Å². The zero-order valence-corrected chi connectivity index (χ0v) is 18.6. The summed E-state index contributed by atoms with van der Waals surface area (Å²) in [6.07, 6.45) is 6.86. The van der Waals surface area contributed by atoms with E-state index in [9.17, 15) is 14.0 Å². The molecule has 2 heterocycles. The van der Waals surface area contributed by atoms with E-state index in [4.69, 9.17) is 0 Å². The number of urea groups is 1. The molecule has 2 aliphatic heterocycles. The highest BCUT2D eigenvalue weighted by atomic mass is 19.1. The van der Waals surface area contributed by atoms with Crippen LogP contribution in [0.4, 0.5) is 14.9 Å². The van der Waals surface area contributed by atoms with Crippen molar-refractivity contribution in [3.63, 3.8) is 0 Å². The molecule has 32 heavy (non-hydrogen) atoms. The minimum atomic E-state index is -0.244. The minimum Gasteiger partial charge on any atom is -0.338 e. The lowest BCUT2D eigenvalue weighted by molar-refractivity contribution is 0.101. The summed E-state index contributed by atoms with van der Waals surface area (Å²) in [7, 11) is 0. The van der Waals surface area contributed by atoms with Crippen LogP contribution in [0.25, 0.3) is 0 Å². The Morgan fingerprint density at radius 2 is 1.78 bits per heavy atom. The Labute approximate surface area is 189 Å². The third-order valence-electron chi connectivity index (χ3n) is 6.83. The van der Waals surface area contributed by atoms with E-state index in [1.807, 2.05) is 12.1 Å². The molecule has 4 rings (SSSR count). The van der Waals surface area contributed by atoms with Crippen molar-refractivity contribution in [2.45, 2.75) is 57.5 Å². The SMILES string of the molecule is CC(=O)c1cccc(NC(=O)NCCCN2C3CCC2CC(Cc2ccc(F)cc2)C3)c1. The second-order valence-electron chi connectivity index (χ2n) is 9.16. The number of benzene rings is 2. The van der Waals surface area contributed by atoms with Crippen LogP contribution < -0.4 is 10.6 Å². The molecule has 2 N–H and O–H groups in total. The second-order valence-corrected chi connectivity index (χ2v) is 9.16. The number of rotatable bonds is 8. The molecule has 0 spiro atoms. The van der Waals surface area contributed by atoms with Gasteiger partial charge in [-0.05, 0) is 81.2 Å². The number of nitrogens with one attached hydrogen (secondary N) is 2. The number of anilines is 1. The van der Waals surface area contributed by atoms with Crippen LogP contribution in [0.15, 0.2) is 48.5 Å². The van der Waals surface area contributed by atoms with E-state index in [1.165, 1.54) is 38.2 Å². The standard InChI is InChI=1S/C26H32FN3O2/c1-18(31)21-4-2-5-23(17-21)29-26(32)28-12-3-13-30-24-10-11-25(30)16-20(15-24)14-19-6-8-22(27)9-7-19/h2,4-9,17,20,24-25H,3,10-16H2,1H3,(H2,28,29,32). The fraction of sp³-hybridized carbons (Fsp3) is 0.462. The van der Waals surface area contributed by atoms with Gasteiger partial charge in [0.25, 0.3) is 0 Å². The molecule has 2 fully saturated rings. The molecule has 2 atom stereocenters. The van der Waals surface area contributed by atoms with E-state index in [2.05, 4.69) is 15.5 Å². The smallest absolute Gasteiger partial charge is 0.319 e. The number of fused-ring (bicyclic) bond motifs is 2. The minimum absolute atomic E-state index is 0.0230. The van der Waals surface area contributed by atoms with Crippen LogP contribution in [0.1, 0.15) is 54.9 Å². The summed E-state index contributed by atoms with van der Waals surface area (Å²) in [6, 6.07) is 14.9. The zero-order valence-electron chi connectivity index (χ0n) is 18.6. The number of hydrogen-bond donors (Lipinski definition) is 2. The van der Waals surface area contributed by atoms with E-state index in [0.717, 1.165) is 19.4 Å². The number of piperidine rings is 1. The topological polar surface area (TPSA) is 61.4 Å². The number of halogens is 1. The quantitative estimate of drug-likeness (QED) is 0.450. The molecule has 5 nitrogen and oxygen atoms in total. The average molecular weight is 438 g/mol. The maximum atomic E-state index is 13.2. The molecule has 2 saturated heterocycles. The summed E-state index contributed by atoms with van der Waals surface area (Å²) in [5.74, 6) is 0.476. The Hall–Kier alpha value is -2.73. The molecule has 2 aromatic carbocycles. The fourth-order valence-electron chi connectivity index (χ4n) is 5.33. The van der Waals surface area contributed by atoms with Crippen LogP contribution in [0.5, 0.6) is 0 Å². The zero-order chi connectivity index (χ0) is 22.5. The Morgan fingerprint density at radius 1 is 1.06 bits per heavy atom. The first kappa shape index (κ1) is 22.5. The van der Waals surface area contributed by atoms with Gasteiger partial charge in [-0.25, -0.2) is 9.18 Å². The van der Waals surface area contributed by atoms with Gasteiger partial charge < -0.3 is 10.6 Å². The van der Waals surface area contributed by atoms with E-state index in [0.29, 0.717) is 35.8 Å². The van der Waals surface area contributed by atoms with Crippen molar-refractivity contribution in [3.05, 3.63) is 65.5 Å². The molecule has 170 valence electrons. The van der Waals surface area contributed by atoms with Gasteiger partial charge in [-0.15, -0.1) is 0 Å². The summed E-state index contributed by atoms with van der Waals surface area (Å²) < 4.78 is 13.2. The molecule has 2 aliphatic rings. The molecular formula is C26H32FN3O2. The van der Waals surface area contributed by atoms with Crippen molar-refractivity contribution in [1.82, 2.24) is 10.2 Å². The first-order valence-electron chi connectivity index (χ1n) is 11.6. The van der Waals surface area contributed by atoms with Crippen molar-refractivity contribution in [3.8, 4) is 0 Å². The number of amides is 2. The predicted molar refractivity (Wildman–Crippen MR) is 124 cm³/mol. The first-order chi connectivity index (χ1) is 15.5. The molecule has 0 radical (unpaired) electrons. The molecule has 2 amide bonds. The van der Waals surface area contributed by atoms with Gasteiger partial charge in [0.2, 0.25) is 0 Å². The largest absolute Gasteiger partial charge is 0.338 e. The highest BCUT2D eigenvalue weighted by Gasteiger charge is 2.39. The van der Waals surface area contributed by atoms with Crippen LogP contribution in [0.2, 0.25) is 0 Å². The number of carbonyl (C=O) groups is 2. The first-order valence-corrected chi connectivity index (χ1v) is 11.6. The van der Waals surface area contributed by atoms with Crippen molar-refractivity contribution in [1.29, 1.82) is 0 Å². The summed E-state index contributed by atoms with van der Waals surface area (Å²) >= 11 is 0. The van der Waals surface area contributed by atoms with E-state index in [-0.39, 0.29) is 17.6 Å². The maximum Gasteiger partial charge on any atom is 0.319 e.